The first kappa shape index (κ1) is 11.4. The molecule has 0 radical (unpaired) electrons. The molecule has 0 aliphatic heterocycles. The van der Waals surface area contributed by atoms with E-state index in [1.165, 1.54) is 24.0 Å². The van der Waals surface area contributed by atoms with Gasteiger partial charge >= 0.3 is 0 Å². The van der Waals surface area contributed by atoms with Crippen molar-refractivity contribution in [3.8, 4) is 0 Å². The van der Waals surface area contributed by atoms with Crippen molar-refractivity contribution < 1.29 is 0 Å². The van der Waals surface area contributed by atoms with Crippen LogP contribution in [0, 0.1) is 13.8 Å². The first-order chi connectivity index (χ1) is 7.70. The second-order valence-corrected chi connectivity index (χ2v) is 4.61. The maximum Gasteiger partial charge on any atom is 0.131 e. The van der Waals surface area contributed by atoms with Crippen LogP contribution in [0.15, 0.2) is 6.07 Å². The van der Waals surface area contributed by atoms with Crippen LogP contribution in [0.1, 0.15) is 36.6 Å². The van der Waals surface area contributed by atoms with Crippen LogP contribution in [0.3, 0.4) is 0 Å². The molecule has 1 heterocycles. The van der Waals surface area contributed by atoms with Crippen molar-refractivity contribution in [1.29, 1.82) is 0 Å². The Balaban J connectivity index is 2.22. The average Bonchev–Trinajstić information content (AvgIpc) is 3.00. The van der Waals surface area contributed by atoms with Gasteiger partial charge in [-0.1, -0.05) is 6.92 Å². The molecule has 0 spiro atoms. The molecule has 2 rings (SSSR count). The molecule has 0 bridgehead atoms. The molecule has 1 fully saturated rings. The lowest BCUT2D eigenvalue weighted by Crippen LogP contribution is -2.16. The number of hydrogen-bond acceptors (Lipinski definition) is 3. The van der Waals surface area contributed by atoms with Crippen molar-refractivity contribution in [2.75, 3.05) is 11.9 Å². The molecular formula is C13H21N3. The van der Waals surface area contributed by atoms with Crippen molar-refractivity contribution >= 4 is 5.82 Å². The van der Waals surface area contributed by atoms with E-state index >= 15 is 0 Å². The van der Waals surface area contributed by atoms with Gasteiger partial charge in [-0.3, -0.25) is 0 Å². The molecule has 0 amide bonds. The largest absolute Gasteiger partial charge is 0.367 e. The van der Waals surface area contributed by atoms with Gasteiger partial charge in [-0.15, -0.1) is 0 Å². The van der Waals surface area contributed by atoms with Crippen LogP contribution >= 0.6 is 0 Å². The maximum absolute atomic E-state index is 4.62. The summed E-state index contributed by atoms with van der Waals surface area (Å²) in [6.45, 7) is 8.26. The number of hydrogen-bond donors (Lipinski definition) is 2. The molecule has 2 N–H and O–H groups in total. The predicted octanol–water partition coefficient (Wildman–Crippen LogP) is 2.38. The Morgan fingerprint density at radius 2 is 2.12 bits per heavy atom. The second kappa shape index (κ2) is 4.83. The molecule has 1 aromatic rings. The van der Waals surface area contributed by atoms with Crippen LogP contribution in [0.25, 0.3) is 0 Å². The topological polar surface area (TPSA) is 37.0 Å². The molecule has 0 atom stereocenters. The Bertz CT molecular complexity index is 370. The van der Waals surface area contributed by atoms with Crippen LogP contribution < -0.4 is 10.6 Å². The highest BCUT2D eigenvalue weighted by Crippen LogP contribution is 2.27. The van der Waals surface area contributed by atoms with Gasteiger partial charge in [0.2, 0.25) is 0 Å². The molecule has 0 saturated heterocycles. The Morgan fingerprint density at radius 1 is 1.38 bits per heavy atom. The quantitative estimate of drug-likeness (QED) is 0.798. The highest BCUT2D eigenvalue weighted by Gasteiger charge is 2.23. The van der Waals surface area contributed by atoms with Crippen LogP contribution in [0.5, 0.6) is 0 Å². The van der Waals surface area contributed by atoms with Gasteiger partial charge in [-0.25, -0.2) is 4.98 Å². The Kier molecular flexibility index (Phi) is 3.44. The lowest BCUT2D eigenvalue weighted by Gasteiger charge is -2.14. The van der Waals surface area contributed by atoms with Crippen LogP contribution in [0.4, 0.5) is 5.82 Å². The number of rotatable bonds is 5. The van der Waals surface area contributed by atoms with Gasteiger partial charge in [0.25, 0.3) is 0 Å². The van der Waals surface area contributed by atoms with Gasteiger partial charge in [0.15, 0.2) is 0 Å². The summed E-state index contributed by atoms with van der Waals surface area (Å²) in [5.41, 5.74) is 3.75. The van der Waals surface area contributed by atoms with E-state index in [9.17, 15) is 0 Å². The van der Waals surface area contributed by atoms with Crippen LogP contribution in [0.2, 0.25) is 0 Å². The molecule has 1 aromatic heterocycles. The van der Waals surface area contributed by atoms with E-state index in [1.54, 1.807) is 0 Å². The van der Waals surface area contributed by atoms with E-state index in [-0.39, 0.29) is 0 Å². The minimum atomic E-state index is 0.661. The van der Waals surface area contributed by atoms with Crippen molar-refractivity contribution in [2.24, 2.45) is 0 Å². The van der Waals surface area contributed by atoms with E-state index < -0.39 is 0 Å². The highest BCUT2D eigenvalue weighted by atomic mass is 15.0. The van der Waals surface area contributed by atoms with Crippen LogP contribution in [-0.2, 0) is 6.54 Å². The fraction of sp³-hybridized carbons (Fsp3) is 0.615. The first-order valence-electron chi connectivity index (χ1n) is 6.15. The summed E-state index contributed by atoms with van der Waals surface area (Å²) in [5.74, 6) is 1.08. The Labute approximate surface area is 97.7 Å². The molecule has 16 heavy (non-hydrogen) atoms. The molecule has 1 saturated carbocycles. The number of aryl methyl sites for hydroxylation is 2. The fourth-order valence-corrected chi connectivity index (χ4v) is 1.88. The number of aromatic nitrogens is 1. The molecule has 88 valence electrons. The SMILES string of the molecule is CCNCc1c(C)cc(C)nc1NC1CC1. The summed E-state index contributed by atoms with van der Waals surface area (Å²) in [6.07, 6.45) is 2.57. The van der Waals surface area contributed by atoms with Gasteiger partial charge in [0.05, 0.1) is 0 Å². The predicted molar refractivity (Wildman–Crippen MR) is 67.7 cm³/mol. The van der Waals surface area contributed by atoms with Crippen LogP contribution in [-0.4, -0.2) is 17.6 Å². The van der Waals surface area contributed by atoms with E-state index in [2.05, 4.69) is 42.5 Å². The number of anilines is 1. The van der Waals surface area contributed by atoms with Gasteiger partial charge in [-0.2, -0.15) is 0 Å². The summed E-state index contributed by atoms with van der Waals surface area (Å²) in [4.78, 5) is 4.62. The lowest BCUT2D eigenvalue weighted by molar-refractivity contribution is 0.721. The number of nitrogens with one attached hydrogen (secondary N) is 2. The van der Waals surface area contributed by atoms with E-state index in [4.69, 9.17) is 0 Å². The summed E-state index contributed by atoms with van der Waals surface area (Å²) in [6, 6.07) is 2.82. The zero-order chi connectivity index (χ0) is 11.5. The zero-order valence-corrected chi connectivity index (χ0v) is 10.4. The third-order valence-electron chi connectivity index (χ3n) is 2.95. The molecule has 0 unspecified atom stereocenters. The number of nitrogens with zero attached hydrogens (tertiary/aromatic N) is 1. The second-order valence-electron chi connectivity index (χ2n) is 4.61. The normalized spacial score (nSPS) is 15.2. The van der Waals surface area contributed by atoms with Gasteiger partial charge in [0.1, 0.15) is 5.82 Å². The smallest absolute Gasteiger partial charge is 0.131 e. The molecule has 1 aliphatic rings. The van der Waals surface area contributed by atoms with Gasteiger partial charge < -0.3 is 10.6 Å². The molecule has 1 aliphatic carbocycles. The first-order valence-corrected chi connectivity index (χ1v) is 6.15. The highest BCUT2D eigenvalue weighted by molar-refractivity contribution is 5.50. The molecule has 3 nitrogen and oxygen atoms in total. The molecular weight excluding hydrogens is 198 g/mol. The van der Waals surface area contributed by atoms with Gasteiger partial charge in [0, 0.05) is 23.8 Å². The van der Waals surface area contributed by atoms with E-state index in [1.807, 2.05) is 0 Å². The van der Waals surface area contributed by atoms with Gasteiger partial charge in [-0.05, 0) is 44.9 Å². The Hall–Kier alpha value is -1.09. The summed E-state index contributed by atoms with van der Waals surface area (Å²) in [7, 11) is 0. The number of pyridine rings is 1. The Morgan fingerprint density at radius 3 is 2.75 bits per heavy atom. The molecule has 3 heteroatoms. The standard InChI is InChI=1S/C13H21N3/c1-4-14-8-12-9(2)7-10(3)15-13(12)16-11-5-6-11/h7,11,14H,4-6,8H2,1-3H3,(H,15,16). The lowest BCUT2D eigenvalue weighted by atomic mass is 10.1. The van der Waals surface area contributed by atoms with Crippen molar-refractivity contribution in [2.45, 2.75) is 46.2 Å². The zero-order valence-electron chi connectivity index (χ0n) is 10.4. The minimum Gasteiger partial charge on any atom is -0.367 e. The fourth-order valence-electron chi connectivity index (χ4n) is 1.88. The van der Waals surface area contributed by atoms with Crippen molar-refractivity contribution in [3.63, 3.8) is 0 Å². The minimum absolute atomic E-state index is 0.661. The third-order valence-corrected chi connectivity index (χ3v) is 2.95. The third kappa shape index (κ3) is 2.73. The summed E-state index contributed by atoms with van der Waals surface area (Å²) >= 11 is 0. The average molecular weight is 219 g/mol. The summed E-state index contributed by atoms with van der Waals surface area (Å²) < 4.78 is 0. The molecule has 0 aromatic carbocycles. The van der Waals surface area contributed by atoms with E-state index in [0.29, 0.717) is 6.04 Å². The van der Waals surface area contributed by atoms with Crippen molar-refractivity contribution in [3.05, 3.63) is 22.9 Å². The van der Waals surface area contributed by atoms with Crippen molar-refractivity contribution in [1.82, 2.24) is 10.3 Å². The maximum atomic E-state index is 4.62. The monoisotopic (exact) mass is 219 g/mol. The van der Waals surface area contributed by atoms with E-state index in [0.717, 1.165) is 24.6 Å². The summed E-state index contributed by atoms with van der Waals surface area (Å²) in [5, 5.41) is 6.90.